The minimum atomic E-state index is -0.818. The first-order valence-electron chi connectivity index (χ1n) is 5.61. The Morgan fingerprint density at radius 2 is 1.47 bits per heavy atom. The molecule has 2 aromatic rings. The lowest BCUT2D eigenvalue weighted by molar-refractivity contribution is 0.560. The Morgan fingerprint density at radius 3 is 2.11 bits per heavy atom. The van der Waals surface area contributed by atoms with E-state index < -0.39 is 29.3 Å². The smallest absolute Gasteiger partial charge is 0.126 e. The van der Waals surface area contributed by atoms with E-state index in [9.17, 15) is 17.6 Å². The van der Waals surface area contributed by atoms with Gasteiger partial charge >= 0.3 is 0 Å². The molecule has 0 fully saturated rings. The Morgan fingerprint density at radius 1 is 0.842 bits per heavy atom. The predicted octanol–water partition coefficient (Wildman–Crippen LogP) is 3.49. The van der Waals surface area contributed by atoms with Crippen LogP contribution < -0.4 is 5.73 Å². The van der Waals surface area contributed by atoms with Crippen molar-refractivity contribution in [2.45, 2.75) is 12.5 Å². The summed E-state index contributed by atoms with van der Waals surface area (Å²) in [5.74, 6) is -2.71. The van der Waals surface area contributed by atoms with Gasteiger partial charge in [0, 0.05) is 12.1 Å². The van der Waals surface area contributed by atoms with Gasteiger partial charge in [0.2, 0.25) is 0 Å². The summed E-state index contributed by atoms with van der Waals surface area (Å²) in [6.07, 6.45) is -0.0491. The van der Waals surface area contributed by atoms with Gasteiger partial charge < -0.3 is 5.73 Å². The van der Waals surface area contributed by atoms with Gasteiger partial charge in [0.25, 0.3) is 0 Å². The molecule has 1 atom stereocenters. The van der Waals surface area contributed by atoms with Crippen LogP contribution in [0.15, 0.2) is 36.4 Å². The minimum absolute atomic E-state index is 0.0491. The van der Waals surface area contributed by atoms with Crippen molar-refractivity contribution < 1.29 is 17.6 Å². The summed E-state index contributed by atoms with van der Waals surface area (Å²) in [7, 11) is 0. The molecular weight excluding hydrogens is 258 g/mol. The molecule has 0 aromatic heterocycles. The molecule has 0 heterocycles. The second kappa shape index (κ2) is 5.40. The van der Waals surface area contributed by atoms with Crippen molar-refractivity contribution in [1.82, 2.24) is 0 Å². The average molecular weight is 269 g/mol. The zero-order chi connectivity index (χ0) is 14.0. The van der Waals surface area contributed by atoms with Gasteiger partial charge in [-0.2, -0.15) is 0 Å². The molecule has 0 aliphatic carbocycles. The van der Waals surface area contributed by atoms with Crippen LogP contribution in [0.3, 0.4) is 0 Å². The van der Waals surface area contributed by atoms with Crippen LogP contribution in [0.5, 0.6) is 0 Å². The van der Waals surface area contributed by atoms with Gasteiger partial charge in [0.15, 0.2) is 0 Å². The largest absolute Gasteiger partial charge is 0.324 e. The molecular formula is C14H11F4N. The minimum Gasteiger partial charge on any atom is -0.324 e. The van der Waals surface area contributed by atoms with Gasteiger partial charge in [-0.3, -0.25) is 0 Å². The summed E-state index contributed by atoms with van der Waals surface area (Å²) < 4.78 is 52.5. The summed E-state index contributed by atoms with van der Waals surface area (Å²) in [5, 5.41) is 0. The van der Waals surface area contributed by atoms with Gasteiger partial charge in [0.1, 0.15) is 23.3 Å². The molecule has 0 saturated carbocycles. The number of hydrogen-bond acceptors (Lipinski definition) is 1. The van der Waals surface area contributed by atoms with Gasteiger partial charge in [-0.15, -0.1) is 0 Å². The van der Waals surface area contributed by atoms with Crippen molar-refractivity contribution in [2.24, 2.45) is 5.73 Å². The summed E-state index contributed by atoms with van der Waals surface area (Å²) >= 11 is 0. The van der Waals surface area contributed by atoms with Crippen LogP contribution in [-0.2, 0) is 6.42 Å². The van der Waals surface area contributed by atoms with Crippen molar-refractivity contribution in [3.63, 3.8) is 0 Å². The molecule has 100 valence electrons. The van der Waals surface area contributed by atoms with Crippen LogP contribution in [-0.4, -0.2) is 0 Å². The number of benzene rings is 2. The molecule has 19 heavy (non-hydrogen) atoms. The molecule has 0 aliphatic rings. The third-order valence-corrected chi connectivity index (χ3v) is 2.76. The zero-order valence-electron chi connectivity index (χ0n) is 9.84. The van der Waals surface area contributed by atoms with E-state index in [4.69, 9.17) is 5.73 Å². The lowest BCUT2D eigenvalue weighted by atomic mass is 9.99. The molecule has 0 amide bonds. The maximum atomic E-state index is 13.4. The Kier molecular flexibility index (Phi) is 3.85. The number of rotatable bonds is 3. The Balaban J connectivity index is 2.25. The van der Waals surface area contributed by atoms with E-state index in [0.29, 0.717) is 0 Å². The van der Waals surface area contributed by atoms with Crippen molar-refractivity contribution in [3.8, 4) is 0 Å². The first-order valence-corrected chi connectivity index (χ1v) is 5.61. The Bertz CT molecular complexity index is 578. The molecule has 0 aliphatic heterocycles. The highest BCUT2D eigenvalue weighted by atomic mass is 19.1. The first-order chi connectivity index (χ1) is 8.95. The fourth-order valence-electron chi connectivity index (χ4n) is 1.84. The second-order valence-electron chi connectivity index (χ2n) is 4.25. The summed E-state index contributed by atoms with van der Waals surface area (Å²) in [5.41, 5.74) is 6.02. The van der Waals surface area contributed by atoms with E-state index in [-0.39, 0.29) is 17.5 Å². The molecule has 5 heteroatoms. The molecule has 2 rings (SSSR count). The van der Waals surface area contributed by atoms with E-state index in [1.165, 1.54) is 0 Å². The van der Waals surface area contributed by atoms with E-state index in [1.807, 2.05) is 0 Å². The highest BCUT2D eigenvalue weighted by molar-refractivity contribution is 5.26. The van der Waals surface area contributed by atoms with Crippen LogP contribution in [0.25, 0.3) is 0 Å². The van der Waals surface area contributed by atoms with E-state index >= 15 is 0 Å². The maximum Gasteiger partial charge on any atom is 0.126 e. The predicted molar refractivity (Wildman–Crippen MR) is 63.3 cm³/mol. The van der Waals surface area contributed by atoms with Gasteiger partial charge in [-0.25, -0.2) is 17.6 Å². The fraction of sp³-hybridized carbons (Fsp3) is 0.143. The quantitative estimate of drug-likeness (QED) is 0.848. The molecule has 0 spiro atoms. The van der Waals surface area contributed by atoms with Crippen LogP contribution in [0.2, 0.25) is 0 Å². The van der Waals surface area contributed by atoms with Crippen molar-refractivity contribution in [2.75, 3.05) is 0 Å². The van der Waals surface area contributed by atoms with Crippen LogP contribution >= 0.6 is 0 Å². The Hall–Kier alpha value is -1.88. The third-order valence-electron chi connectivity index (χ3n) is 2.76. The van der Waals surface area contributed by atoms with Crippen LogP contribution in [0.4, 0.5) is 17.6 Å². The summed E-state index contributed by atoms with van der Waals surface area (Å²) in [6, 6.07) is 5.05. The van der Waals surface area contributed by atoms with Crippen LogP contribution in [0, 0.1) is 23.3 Å². The lowest BCUT2D eigenvalue weighted by Crippen LogP contribution is -2.15. The van der Waals surface area contributed by atoms with Crippen molar-refractivity contribution in [3.05, 3.63) is 70.8 Å². The molecule has 0 bridgehead atoms. The van der Waals surface area contributed by atoms with Gasteiger partial charge in [-0.05, 0) is 47.9 Å². The second-order valence-corrected chi connectivity index (χ2v) is 4.25. The monoisotopic (exact) mass is 269 g/mol. The van der Waals surface area contributed by atoms with E-state index in [1.54, 1.807) is 0 Å². The fourth-order valence-corrected chi connectivity index (χ4v) is 1.84. The molecule has 0 radical (unpaired) electrons. The van der Waals surface area contributed by atoms with Crippen molar-refractivity contribution in [1.29, 1.82) is 0 Å². The first kappa shape index (κ1) is 13.5. The van der Waals surface area contributed by atoms with E-state index in [0.717, 1.165) is 36.4 Å². The topological polar surface area (TPSA) is 26.0 Å². The summed E-state index contributed by atoms with van der Waals surface area (Å²) in [6.45, 7) is 0. The third kappa shape index (κ3) is 3.32. The maximum absolute atomic E-state index is 13.4. The number of halogens is 4. The van der Waals surface area contributed by atoms with Crippen LogP contribution in [0.1, 0.15) is 17.2 Å². The highest BCUT2D eigenvalue weighted by Gasteiger charge is 2.13. The normalized spacial score (nSPS) is 12.5. The van der Waals surface area contributed by atoms with Gasteiger partial charge in [0.05, 0.1) is 0 Å². The SMILES string of the molecule is NC(Cc1cc(F)ccc1F)c1cc(F)cc(F)c1. The molecule has 0 saturated heterocycles. The molecule has 2 aromatic carbocycles. The standard InChI is InChI=1S/C14H11F4N/c15-10-1-2-13(18)8(3-10)6-14(19)9-4-11(16)7-12(17)5-9/h1-5,7,14H,6,19H2. The summed E-state index contributed by atoms with van der Waals surface area (Å²) in [4.78, 5) is 0. The molecule has 1 unspecified atom stereocenters. The Labute approximate surface area is 107 Å². The zero-order valence-corrected chi connectivity index (χ0v) is 9.84. The molecule has 2 N–H and O–H groups in total. The number of nitrogens with two attached hydrogens (primary N) is 1. The lowest BCUT2D eigenvalue weighted by Gasteiger charge is -2.13. The van der Waals surface area contributed by atoms with E-state index in [2.05, 4.69) is 0 Å². The molecule has 1 nitrogen and oxygen atoms in total. The highest BCUT2D eigenvalue weighted by Crippen LogP contribution is 2.20. The van der Waals surface area contributed by atoms with Crippen molar-refractivity contribution >= 4 is 0 Å². The average Bonchev–Trinajstić information content (AvgIpc) is 2.32. The van der Waals surface area contributed by atoms with Gasteiger partial charge in [-0.1, -0.05) is 0 Å². The number of hydrogen-bond donors (Lipinski definition) is 1.